The fraction of sp³-hybridized carbons (Fsp3) is 1.00. The van der Waals surface area contributed by atoms with Gasteiger partial charge in [0.15, 0.2) is 9.03 Å². The van der Waals surface area contributed by atoms with Gasteiger partial charge in [-0.15, -0.1) is 4.91 Å². The number of hydrogen-bond donors (Lipinski definition) is 0. The van der Waals surface area contributed by atoms with Gasteiger partial charge in [0, 0.05) is 21.3 Å². The highest BCUT2D eigenvalue weighted by Gasteiger charge is 2.19. The summed E-state index contributed by atoms with van der Waals surface area (Å²) in [6, 6.07) is 0. The first-order valence-corrected chi connectivity index (χ1v) is 5.71. The Labute approximate surface area is 85.2 Å². The van der Waals surface area contributed by atoms with E-state index in [9.17, 15) is 4.91 Å². The van der Waals surface area contributed by atoms with Crippen LogP contribution in [0.5, 0.6) is 0 Å². The van der Waals surface area contributed by atoms with Crippen LogP contribution in [0.3, 0.4) is 0 Å². The van der Waals surface area contributed by atoms with E-state index in [0.29, 0.717) is 13.2 Å². The summed E-state index contributed by atoms with van der Waals surface area (Å²) in [6.45, 7) is 7.13. The van der Waals surface area contributed by atoms with E-state index in [2.05, 4.69) is 4.58 Å². The first kappa shape index (κ1) is 13.3. The van der Waals surface area contributed by atoms with E-state index in [-0.39, 0.29) is 13.8 Å². The molecular weight excluding hydrogens is 209 g/mol. The Hall–Kier alpha value is 0.300. The lowest BCUT2D eigenvalue weighted by molar-refractivity contribution is 0.266. The van der Waals surface area contributed by atoms with Crippen molar-refractivity contribution in [2.24, 2.45) is 4.58 Å². The zero-order valence-corrected chi connectivity index (χ0v) is 10.0. The fourth-order valence-corrected chi connectivity index (χ4v) is 1.35. The van der Waals surface area contributed by atoms with Gasteiger partial charge in [-0.25, -0.2) is 0 Å². The second-order valence-electron chi connectivity index (χ2n) is 3.04. The Kier molecular flexibility index (Phi) is 7.86. The SMILES string of the molecule is CCOPOCCC(C)(C)SN=O. The van der Waals surface area contributed by atoms with Gasteiger partial charge in [-0.2, -0.15) is 0 Å². The third-order valence-electron chi connectivity index (χ3n) is 1.35. The summed E-state index contributed by atoms with van der Waals surface area (Å²) in [5, 5.41) is 0. The summed E-state index contributed by atoms with van der Waals surface area (Å²) in [4.78, 5) is 10.0. The van der Waals surface area contributed by atoms with E-state index in [1.54, 1.807) is 0 Å². The Morgan fingerprint density at radius 2 is 2.15 bits per heavy atom. The molecule has 1 unspecified atom stereocenters. The van der Waals surface area contributed by atoms with E-state index in [0.717, 1.165) is 18.4 Å². The maximum Gasteiger partial charge on any atom is 0.155 e. The van der Waals surface area contributed by atoms with Crippen molar-refractivity contribution in [1.82, 2.24) is 0 Å². The van der Waals surface area contributed by atoms with Crippen LogP contribution in [0.25, 0.3) is 0 Å². The molecule has 0 aromatic carbocycles. The molecule has 0 rings (SSSR count). The highest BCUT2D eigenvalue weighted by atomic mass is 32.2. The summed E-state index contributed by atoms with van der Waals surface area (Å²) < 4.78 is 12.9. The summed E-state index contributed by atoms with van der Waals surface area (Å²) in [5.41, 5.74) is 0. The zero-order chi connectivity index (χ0) is 10.2. The van der Waals surface area contributed by atoms with Crippen LogP contribution in [-0.2, 0) is 9.05 Å². The van der Waals surface area contributed by atoms with Crippen LogP contribution in [0.2, 0.25) is 0 Å². The predicted octanol–water partition coefficient (Wildman–Crippen LogP) is 3.13. The van der Waals surface area contributed by atoms with E-state index < -0.39 is 0 Å². The molecule has 0 radical (unpaired) electrons. The zero-order valence-electron chi connectivity index (χ0n) is 8.20. The second kappa shape index (κ2) is 7.68. The summed E-state index contributed by atoms with van der Waals surface area (Å²) >= 11 is 1.05. The molecule has 0 N–H and O–H groups in total. The first-order valence-electron chi connectivity index (χ1n) is 4.12. The topological polar surface area (TPSA) is 47.9 Å². The molecule has 1 atom stereocenters. The maximum absolute atomic E-state index is 10.0. The van der Waals surface area contributed by atoms with Crippen LogP contribution in [0.1, 0.15) is 27.2 Å². The monoisotopic (exact) mass is 225 g/mol. The quantitative estimate of drug-likeness (QED) is 0.275. The molecule has 0 aromatic heterocycles. The normalized spacial score (nSPS) is 12.5. The molecular formula is C7H16NO3PS. The highest BCUT2D eigenvalue weighted by molar-refractivity contribution is 7.99. The van der Waals surface area contributed by atoms with Gasteiger partial charge in [-0.3, -0.25) is 0 Å². The van der Waals surface area contributed by atoms with Gasteiger partial charge in [-0.1, -0.05) is 0 Å². The van der Waals surface area contributed by atoms with Crippen LogP contribution in [0, 0.1) is 4.91 Å². The van der Waals surface area contributed by atoms with Crippen molar-refractivity contribution in [3.63, 3.8) is 0 Å². The number of nitrogens with zero attached hydrogens (tertiary/aromatic N) is 1. The summed E-state index contributed by atoms with van der Waals surface area (Å²) in [6.07, 6.45) is 0.795. The van der Waals surface area contributed by atoms with Crippen molar-refractivity contribution in [2.45, 2.75) is 31.9 Å². The van der Waals surface area contributed by atoms with Gasteiger partial charge < -0.3 is 9.05 Å². The minimum absolute atomic E-state index is 0.102. The van der Waals surface area contributed by atoms with Crippen molar-refractivity contribution in [3.05, 3.63) is 4.91 Å². The smallest absolute Gasteiger partial charge is 0.155 e. The number of rotatable bonds is 8. The van der Waals surface area contributed by atoms with Crippen LogP contribution in [0.4, 0.5) is 0 Å². The molecule has 78 valence electrons. The van der Waals surface area contributed by atoms with E-state index in [4.69, 9.17) is 9.05 Å². The molecule has 0 saturated carbocycles. The average Bonchev–Trinajstić information content (AvgIpc) is 2.04. The summed E-state index contributed by atoms with van der Waals surface area (Å²) in [5.74, 6) is 0. The van der Waals surface area contributed by atoms with Crippen molar-refractivity contribution in [3.8, 4) is 0 Å². The molecule has 0 fully saturated rings. The molecule has 6 heteroatoms. The third kappa shape index (κ3) is 8.63. The third-order valence-corrected chi connectivity index (χ3v) is 2.85. The lowest BCUT2D eigenvalue weighted by Gasteiger charge is -2.18. The molecule has 0 saturated heterocycles. The van der Waals surface area contributed by atoms with Crippen molar-refractivity contribution < 1.29 is 9.05 Å². The van der Waals surface area contributed by atoms with Gasteiger partial charge in [0.05, 0.1) is 13.2 Å². The van der Waals surface area contributed by atoms with Crippen LogP contribution >= 0.6 is 21.0 Å². The van der Waals surface area contributed by atoms with Crippen molar-refractivity contribution >= 4 is 21.0 Å². The van der Waals surface area contributed by atoms with Gasteiger partial charge in [-0.05, 0) is 27.2 Å². The Morgan fingerprint density at radius 3 is 2.69 bits per heavy atom. The largest absolute Gasteiger partial charge is 0.337 e. The Bertz CT molecular complexity index is 146. The average molecular weight is 225 g/mol. The van der Waals surface area contributed by atoms with Crippen LogP contribution < -0.4 is 0 Å². The summed E-state index contributed by atoms with van der Waals surface area (Å²) in [7, 11) is 0.102. The van der Waals surface area contributed by atoms with Gasteiger partial charge in [0.2, 0.25) is 0 Å². The lowest BCUT2D eigenvalue weighted by Crippen LogP contribution is -2.15. The van der Waals surface area contributed by atoms with E-state index in [1.165, 1.54) is 0 Å². The highest BCUT2D eigenvalue weighted by Crippen LogP contribution is 2.29. The van der Waals surface area contributed by atoms with Gasteiger partial charge in [0.25, 0.3) is 0 Å². The van der Waals surface area contributed by atoms with Gasteiger partial charge in [0.1, 0.15) is 0 Å². The molecule has 0 amide bonds. The molecule has 0 aromatic rings. The minimum atomic E-state index is -0.140. The molecule has 0 spiro atoms. The maximum atomic E-state index is 10.0. The van der Waals surface area contributed by atoms with E-state index in [1.807, 2.05) is 20.8 Å². The van der Waals surface area contributed by atoms with Crippen molar-refractivity contribution in [2.75, 3.05) is 13.2 Å². The minimum Gasteiger partial charge on any atom is -0.337 e. The molecule has 0 bridgehead atoms. The molecule has 0 aliphatic carbocycles. The van der Waals surface area contributed by atoms with Crippen LogP contribution in [0.15, 0.2) is 4.58 Å². The van der Waals surface area contributed by atoms with Crippen molar-refractivity contribution in [1.29, 1.82) is 0 Å². The predicted molar refractivity (Wildman–Crippen MR) is 58.0 cm³/mol. The Morgan fingerprint density at radius 1 is 1.46 bits per heavy atom. The standard InChI is InChI=1S/C7H16NO3PS/c1-4-10-12-11-6-5-7(2,3)13-8-9/h12H,4-6H2,1-3H3. The Balaban J connectivity index is 3.34. The second-order valence-corrected chi connectivity index (χ2v) is 5.22. The molecule has 0 aliphatic heterocycles. The van der Waals surface area contributed by atoms with E-state index >= 15 is 0 Å². The molecule has 4 nitrogen and oxygen atoms in total. The molecule has 0 aliphatic rings. The van der Waals surface area contributed by atoms with Gasteiger partial charge >= 0.3 is 0 Å². The first-order chi connectivity index (χ1) is 6.12. The molecule has 13 heavy (non-hydrogen) atoms. The van der Waals surface area contributed by atoms with Crippen LogP contribution in [-0.4, -0.2) is 18.0 Å². The number of nitroso groups, excluding NO2 is 1. The lowest BCUT2D eigenvalue weighted by atomic mass is 10.1. The molecule has 0 heterocycles. The fourth-order valence-electron chi connectivity index (χ4n) is 0.586. The number of hydrogen-bond acceptors (Lipinski definition) is 5.